The Labute approximate surface area is 274 Å². The third-order valence-corrected chi connectivity index (χ3v) is 18.4. The minimum Gasteiger partial charge on any atom is -0.0654 e. The molecule has 0 bridgehead atoms. The zero-order valence-corrected chi connectivity index (χ0v) is 31.1. The van der Waals surface area contributed by atoms with E-state index in [2.05, 4.69) is 6.92 Å². The van der Waals surface area contributed by atoms with Gasteiger partial charge in [-0.3, -0.25) is 0 Å². The Hall–Kier alpha value is 0.217. The van der Waals surface area contributed by atoms with Gasteiger partial charge in [0.15, 0.2) is 0 Å². The summed E-state index contributed by atoms with van der Waals surface area (Å²) < 4.78 is 0. The molecule has 43 heavy (non-hydrogen) atoms. The van der Waals surface area contributed by atoms with Gasteiger partial charge in [-0.15, -0.1) is 0 Å². The molecule has 0 aromatic rings. The summed E-state index contributed by atoms with van der Waals surface area (Å²) in [6.45, 7) is 2.32. The summed E-state index contributed by atoms with van der Waals surface area (Å²) in [7, 11) is -1.15. The first-order chi connectivity index (χ1) is 21.3. The summed E-state index contributed by atoms with van der Waals surface area (Å²) in [5.41, 5.74) is 0. The van der Waals surface area contributed by atoms with Crippen LogP contribution in [0.5, 0.6) is 0 Å². The lowest BCUT2D eigenvalue weighted by Crippen LogP contribution is -2.36. The van der Waals surface area contributed by atoms with Crippen molar-refractivity contribution in [1.29, 1.82) is 0 Å². The standard InChI is InChI=1S/C42H82Si/c1-2-3-4-5-6-7-8-9-10-11-12-13-14-15-16-26-36-43(37-33-40-27-20-17-21-28-40,38-34-41-29-22-18-23-30-41)39-35-42-31-24-19-25-32-42/h40-42H,2-39H2,1H3. The van der Waals surface area contributed by atoms with Crippen molar-refractivity contribution in [2.24, 2.45) is 17.8 Å². The van der Waals surface area contributed by atoms with E-state index in [1.165, 1.54) is 109 Å². The molecule has 0 aromatic carbocycles. The Kier molecular flexibility index (Phi) is 22.2. The van der Waals surface area contributed by atoms with Gasteiger partial charge in [0.1, 0.15) is 0 Å². The summed E-state index contributed by atoms with van der Waals surface area (Å²) in [6.07, 6.45) is 52.3. The van der Waals surface area contributed by atoms with Gasteiger partial charge in [0.05, 0.1) is 8.07 Å². The third kappa shape index (κ3) is 18.2. The smallest absolute Gasteiger partial charge is 0.0536 e. The summed E-state index contributed by atoms with van der Waals surface area (Å²) in [6, 6.07) is 6.92. The van der Waals surface area contributed by atoms with Crippen molar-refractivity contribution in [3.8, 4) is 0 Å². The molecule has 3 aliphatic carbocycles. The second-order valence-corrected chi connectivity index (χ2v) is 21.7. The van der Waals surface area contributed by atoms with Crippen LogP contribution >= 0.6 is 0 Å². The number of rotatable bonds is 26. The Morgan fingerprint density at radius 2 is 0.605 bits per heavy atom. The fourth-order valence-electron chi connectivity index (χ4n) is 9.76. The number of unbranched alkanes of at least 4 members (excludes halogenated alkanes) is 15. The van der Waals surface area contributed by atoms with Crippen molar-refractivity contribution in [3.05, 3.63) is 0 Å². The molecule has 3 saturated carbocycles. The summed E-state index contributed by atoms with van der Waals surface area (Å²) >= 11 is 0. The SMILES string of the molecule is CCCCCCCCCCCCCCCCCC[Si](CCC1CCCCC1)(CCC1CCCCC1)CCC1CCCCC1. The second-order valence-electron chi connectivity index (χ2n) is 16.7. The van der Waals surface area contributed by atoms with Gasteiger partial charge in [-0.2, -0.15) is 0 Å². The van der Waals surface area contributed by atoms with Gasteiger partial charge < -0.3 is 0 Å². The highest BCUT2D eigenvalue weighted by Crippen LogP contribution is 2.41. The molecule has 0 aliphatic heterocycles. The molecule has 0 spiro atoms. The van der Waals surface area contributed by atoms with Crippen LogP contribution in [-0.2, 0) is 0 Å². The van der Waals surface area contributed by atoms with E-state index >= 15 is 0 Å². The van der Waals surface area contributed by atoms with E-state index < -0.39 is 8.07 Å². The topological polar surface area (TPSA) is 0 Å². The minimum absolute atomic E-state index is 1.11. The lowest BCUT2D eigenvalue weighted by Gasteiger charge is -2.37. The summed E-state index contributed by atoms with van der Waals surface area (Å²) in [4.78, 5) is 0. The first kappa shape index (κ1) is 37.7. The van der Waals surface area contributed by atoms with Gasteiger partial charge >= 0.3 is 0 Å². The molecule has 0 saturated heterocycles. The maximum absolute atomic E-state index is 2.32. The molecule has 254 valence electrons. The van der Waals surface area contributed by atoms with Crippen LogP contribution in [0.15, 0.2) is 0 Å². The molecule has 0 radical (unpaired) electrons. The van der Waals surface area contributed by atoms with E-state index in [0.717, 1.165) is 17.8 Å². The van der Waals surface area contributed by atoms with Crippen molar-refractivity contribution in [1.82, 2.24) is 0 Å². The van der Waals surface area contributed by atoms with Crippen molar-refractivity contribution in [2.45, 2.75) is 249 Å². The van der Waals surface area contributed by atoms with Crippen LogP contribution in [0.25, 0.3) is 0 Å². The second kappa shape index (κ2) is 25.3. The molecule has 0 nitrogen and oxygen atoms in total. The Morgan fingerprint density at radius 1 is 0.326 bits per heavy atom. The van der Waals surface area contributed by atoms with E-state index in [0.29, 0.717) is 0 Å². The Balaban J connectivity index is 1.36. The van der Waals surface area contributed by atoms with Crippen LogP contribution in [0.3, 0.4) is 0 Å². The molecule has 0 heterocycles. The molecule has 3 fully saturated rings. The largest absolute Gasteiger partial charge is 0.0654 e. The zero-order chi connectivity index (χ0) is 30.1. The highest BCUT2D eigenvalue weighted by atomic mass is 28.3. The normalized spacial score (nSPS) is 19.7. The quantitative estimate of drug-likeness (QED) is 0.0671. The first-order valence-electron chi connectivity index (χ1n) is 21.3. The van der Waals surface area contributed by atoms with Crippen molar-refractivity contribution >= 4 is 8.07 Å². The van der Waals surface area contributed by atoms with E-state index in [-0.39, 0.29) is 0 Å². The van der Waals surface area contributed by atoms with E-state index in [9.17, 15) is 0 Å². The molecule has 3 rings (SSSR count). The van der Waals surface area contributed by atoms with Crippen LogP contribution in [0.4, 0.5) is 0 Å². The molecule has 0 amide bonds. The highest BCUT2D eigenvalue weighted by Gasteiger charge is 2.34. The maximum atomic E-state index is 2.32. The van der Waals surface area contributed by atoms with Crippen LogP contribution in [0, 0.1) is 17.8 Å². The molecule has 0 atom stereocenters. The first-order valence-corrected chi connectivity index (χ1v) is 24.1. The van der Waals surface area contributed by atoms with E-state index in [4.69, 9.17) is 0 Å². The van der Waals surface area contributed by atoms with Gasteiger partial charge in [0.25, 0.3) is 0 Å². The molecule has 1 heteroatoms. The van der Waals surface area contributed by atoms with Crippen LogP contribution in [0.2, 0.25) is 24.2 Å². The Bertz CT molecular complexity index is 539. The van der Waals surface area contributed by atoms with Gasteiger partial charge in [-0.05, 0) is 17.8 Å². The van der Waals surface area contributed by atoms with Gasteiger partial charge in [0, 0.05) is 0 Å². The molecule has 0 aromatic heterocycles. The average molecular weight is 615 g/mol. The summed E-state index contributed by atoms with van der Waals surface area (Å²) in [5.74, 6) is 3.32. The molecular weight excluding hydrogens is 533 g/mol. The number of hydrogen-bond donors (Lipinski definition) is 0. The molecule has 3 aliphatic rings. The maximum Gasteiger partial charge on any atom is 0.0536 e. The third-order valence-electron chi connectivity index (χ3n) is 13.0. The predicted octanol–water partition coefficient (Wildman–Crippen LogP) is 15.6. The van der Waals surface area contributed by atoms with E-state index in [1.54, 1.807) is 133 Å². The van der Waals surface area contributed by atoms with Gasteiger partial charge in [-0.1, -0.05) is 249 Å². The van der Waals surface area contributed by atoms with Crippen LogP contribution in [-0.4, -0.2) is 8.07 Å². The van der Waals surface area contributed by atoms with Gasteiger partial charge in [0.2, 0.25) is 0 Å². The fraction of sp³-hybridized carbons (Fsp3) is 1.00. The average Bonchev–Trinajstić information content (AvgIpc) is 3.06. The summed E-state index contributed by atoms with van der Waals surface area (Å²) in [5, 5.41) is 0. The van der Waals surface area contributed by atoms with Crippen LogP contribution < -0.4 is 0 Å². The zero-order valence-electron chi connectivity index (χ0n) is 30.1. The van der Waals surface area contributed by atoms with Crippen molar-refractivity contribution < 1.29 is 0 Å². The minimum atomic E-state index is -1.15. The molecule has 0 N–H and O–H groups in total. The Morgan fingerprint density at radius 3 is 0.907 bits per heavy atom. The lowest BCUT2D eigenvalue weighted by molar-refractivity contribution is 0.338. The monoisotopic (exact) mass is 615 g/mol. The van der Waals surface area contributed by atoms with Crippen molar-refractivity contribution in [3.63, 3.8) is 0 Å². The molecule has 0 unspecified atom stereocenters. The van der Waals surface area contributed by atoms with Crippen molar-refractivity contribution in [2.75, 3.05) is 0 Å². The fourth-order valence-corrected chi connectivity index (χ4v) is 15.3. The van der Waals surface area contributed by atoms with E-state index in [1.807, 2.05) is 0 Å². The highest BCUT2D eigenvalue weighted by molar-refractivity contribution is 6.79. The lowest BCUT2D eigenvalue weighted by atomic mass is 9.87. The predicted molar refractivity (Wildman–Crippen MR) is 198 cm³/mol. The van der Waals surface area contributed by atoms with Gasteiger partial charge in [-0.25, -0.2) is 0 Å². The van der Waals surface area contributed by atoms with Crippen LogP contribution in [0.1, 0.15) is 225 Å². The number of hydrogen-bond acceptors (Lipinski definition) is 0. The molecular formula is C42H82Si.